The highest BCUT2D eigenvalue weighted by Crippen LogP contribution is 2.46. The summed E-state index contributed by atoms with van der Waals surface area (Å²) in [6.45, 7) is 11.1. The van der Waals surface area contributed by atoms with Gasteiger partial charge in [0.05, 0.1) is 5.56 Å². The second-order valence-corrected chi connectivity index (χ2v) is 9.09. The summed E-state index contributed by atoms with van der Waals surface area (Å²) in [6.07, 6.45) is 2.45. The average molecular weight is 364 g/mol. The number of carbonyl (C=O) groups is 2. The molecule has 0 unspecified atom stereocenters. The zero-order chi connectivity index (χ0) is 20.0. The lowest BCUT2D eigenvalue weighted by atomic mass is 9.62. The van der Waals surface area contributed by atoms with E-state index in [1.54, 1.807) is 18.2 Å². The maximum Gasteiger partial charge on any atom is 0.335 e. The van der Waals surface area contributed by atoms with Crippen LogP contribution in [0.3, 0.4) is 0 Å². The summed E-state index contributed by atoms with van der Waals surface area (Å²) in [7, 11) is 0. The Morgan fingerprint density at radius 3 is 2.15 bits per heavy atom. The molecule has 0 atom stereocenters. The van der Waals surface area contributed by atoms with Gasteiger partial charge in [-0.2, -0.15) is 0 Å². The fraction of sp³-hybridized carbons (Fsp3) is 0.417. The summed E-state index contributed by atoms with van der Waals surface area (Å²) in [6, 6.07) is 10.9. The number of carboxylic acid groups (broad SMARTS) is 1. The normalized spacial score (nSPS) is 17.2. The molecule has 3 nitrogen and oxygen atoms in total. The first-order chi connectivity index (χ1) is 12.5. The SMILES string of the molecule is Cc1cc2c(cc1C(=O)Cc1cccc(C(=O)O)c1)C(C)(C)CCC2(C)C. The van der Waals surface area contributed by atoms with E-state index in [1.807, 2.05) is 13.0 Å². The standard InChI is InChI=1S/C24H28O3/c1-15-11-19-20(24(4,5)10-9-23(19,2)3)14-18(15)21(25)13-16-7-6-8-17(12-16)22(26)27/h6-8,11-12,14H,9-10,13H2,1-5H3,(H,26,27). The third-order valence-corrected chi connectivity index (χ3v) is 6.04. The molecule has 0 amide bonds. The van der Waals surface area contributed by atoms with Gasteiger partial charge in [0.2, 0.25) is 0 Å². The number of hydrogen-bond acceptors (Lipinski definition) is 2. The summed E-state index contributed by atoms with van der Waals surface area (Å²) in [5.41, 5.74) is 5.48. The topological polar surface area (TPSA) is 54.4 Å². The van der Waals surface area contributed by atoms with Gasteiger partial charge in [-0.1, -0.05) is 45.9 Å². The predicted octanol–water partition coefficient (Wildman–Crippen LogP) is 5.47. The molecule has 0 fully saturated rings. The molecule has 3 rings (SSSR count). The minimum absolute atomic E-state index is 0.0389. The minimum Gasteiger partial charge on any atom is -0.478 e. The number of ketones is 1. The van der Waals surface area contributed by atoms with Crippen LogP contribution in [0, 0.1) is 6.92 Å². The molecule has 0 aromatic heterocycles. The Bertz CT molecular complexity index is 919. The van der Waals surface area contributed by atoms with Gasteiger partial charge in [-0.3, -0.25) is 4.79 Å². The molecule has 2 aromatic carbocycles. The van der Waals surface area contributed by atoms with Gasteiger partial charge in [0.15, 0.2) is 5.78 Å². The molecule has 3 heteroatoms. The molecule has 27 heavy (non-hydrogen) atoms. The minimum atomic E-state index is -0.974. The van der Waals surface area contributed by atoms with Gasteiger partial charge < -0.3 is 5.11 Å². The molecule has 2 aromatic rings. The number of rotatable bonds is 4. The summed E-state index contributed by atoms with van der Waals surface area (Å²) < 4.78 is 0. The number of benzene rings is 2. The van der Waals surface area contributed by atoms with Crippen molar-refractivity contribution < 1.29 is 14.7 Å². The van der Waals surface area contributed by atoms with Gasteiger partial charge >= 0.3 is 5.97 Å². The molecule has 142 valence electrons. The van der Waals surface area contributed by atoms with E-state index in [9.17, 15) is 9.59 Å². The van der Waals surface area contributed by atoms with E-state index in [0.29, 0.717) is 0 Å². The van der Waals surface area contributed by atoms with Gasteiger partial charge in [0.25, 0.3) is 0 Å². The summed E-state index contributed by atoms with van der Waals surface area (Å²) >= 11 is 0. The van der Waals surface area contributed by atoms with E-state index in [1.165, 1.54) is 11.1 Å². The van der Waals surface area contributed by atoms with Gasteiger partial charge in [0, 0.05) is 12.0 Å². The first-order valence-corrected chi connectivity index (χ1v) is 9.52. The Morgan fingerprint density at radius 1 is 0.963 bits per heavy atom. The molecule has 0 spiro atoms. The third kappa shape index (κ3) is 3.69. The Labute approximate surface area is 161 Å². The van der Waals surface area contributed by atoms with Crippen LogP contribution in [0.2, 0.25) is 0 Å². The summed E-state index contributed by atoms with van der Waals surface area (Å²) in [5.74, 6) is -0.935. The van der Waals surface area contributed by atoms with Crippen molar-refractivity contribution in [3.8, 4) is 0 Å². The first-order valence-electron chi connectivity index (χ1n) is 9.52. The van der Waals surface area contributed by atoms with E-state index in [0.717, 1.165) is 29.5 Å². The predicted molar refractivity (Wildman–Crippen MR) is 108 cm³/mol. The van der Waals surface area contributed by atoms with Crippen molar-refractivity contribution >= 4 is 11.8 Å². The number of carbonyl (C=O) groups excluding carboxylic acids is 1. The highest BCUT2D eigenvalue weighted by molar-refractivity contribution is 5.99. The average Bonchev–Trinajstić information content (AvgIpc) is 2.59. The molecular formula is C24H28O3. The molecule has 0 radical (unpaired) electrons. The van der Waals surface area contributed by atoms with Crippen molar-refractivity contribution in [1.29, 1.82) is 0 Å². The Balaban J connectivity index is 1.99. The van der Waals surface area contributed by atoms with Gasteiger partial charge in [-0.05, 0) is 71.0 Å². The van der Waals surface area contributed by atoms with E-state index in [-0.39, 0.29) is 28.6 Å². The summed E-state index contributed by atoms with van der Waals surface area (Å²) in [4.78, 5) is 24.2. The highest BCUT2D eigenvalue weighted by atomic mass is 16.4. The van der Waals surface area contributed by atoms with Crippen molar-refractivity contribution in [2.24, 2.45) is 0 Å². The number of carboxylic acids is 1. The lowest BCUT2D eigenvalue weighted by molar-refractivity contribution is 0.0696. The number of aromatic carboxylic acids is 1. The van der Waals surface area contributed by atoms with Crippen LogP contribution in [-0.4, -0.2) is 16.9 Å². The monoisotopic (exact) mass is 364 g/mol. The maximum atomic E-state index is 13.0. The Hall–Kier alpha value is -2.42. The van der Waals surface area contributed by atoms with Gasteiger partial charge in [0.1, 0.15) is 0 Å². The molecule has 0 bridgehead atoms. The fourth-order valence-electron chi connectivity index (χ4n) is 4.12. The van der Waals surface area contributed by atoms with Crippen molar-refractivity contribution in [1.82, 2.24) is 0 Å². The van der Waals surface area contributed by atoms with Crippen LogP contribution in [0.4, 0.5) is 0 Å². The number of fused-ring (bicyclic) bond motifs is 1. The molecular weight excluding hydrogens is 336 g/mol. The lowest BCUT2D eigenvalue weighted by Crippen LogP contribution is -2.34. The number of aryl methyl sites for hydroxylation is 1. The third-order valence-electron chi connectivity index (χ3n) is 6.04. The quantitative estimate of drug-likeness (QED) is 0.732. The summed E-state index contributed by atoms with van der Waals surface area (Å²) in [5, 5.41) is 9.16. The van der Waals surface area contributed by atoms with Crippen molar-refractivity contribution in [3.05, 3.63) is 69.8 Å². The first kappa shape index (κ1) is 19.3. The maximum absolute atomic E-state index is 13.0. The van der Waals surface area contributed by atoms with E-state index >= 15 is 0 Å². The molecule has 1 aliphatic carbocycles. The van der Waals surface area contributed by atoms with Crippen molar-refractivity contribution in [2.45, 2.75) is 64.7 Å². The molecule has 1 N–H and O–H groups in total. The number of Topliss-reactive ketones (excluding diaryl/α,β-unsaturated/α-hetero) is 1. The van der Waals surface area contributed by atoms with E-state index < -0.39 is 5.97 Å². The molecule has 0 saturated carbocycles. The van der Waals surface area contributed by atoms with Crippen LogP contribution in [0.5, 0.6) is 0 Å². The zero-order valence-corrected chi connectivity index (χ0v) is 16.8. The van der Waals surface area contributed by atoms with Gasteiger partial charge in [-0.25, -0.2) is 4.79 Å². The van der Waals surface area contributed by atoms with E-state index in [2.05, 4.69) is 39.8 Å². The van der Waals surface area contributed by atoms with Crippen LogP contribution >= 0.6 is 0 Å². The molecule has 0 heterocycles. The largest absolute Gasteiger partial charge is 0.478 e. The van der Waals surface area contributed by atoms with E-state index in [4.69, 9.17) is 5.11 Å². The van der Waals surface area contributed by atoms with Crippen LogP contribution in [0.1, 0.15) is 83.5 Å². The second-order valence-electron chi connectivity index (χ2n) is 9.09. The smallest absolute Gasteiger partial charge is 0.335 e. The Morgan fingerprint density at radius 2 is 1.56 bits per heavy atom. The van der Waals surface area contributed by atoms with Crippen molar-refractivity contribution in [2.75, 3.05) is 0 Å². The molecule has 0 saturated heterocycles. The van der Waals surface area contributed by atoms with Crippen LogP contribution in [-0.2, 0) is 17.3 Å². The zero-order valence-electron chi connectivity index (χ0n) is 16.8. The van der Waals surface area contributed by atoms with Gasteiger partial charge in [-0.15, -0.1) is 0 Å². The van der Waals surface area contributed by atoms with Crippen LogP contribution < -0.4 is 0 Å². The molecule has 0 aliphatic heterocycles. The van der Waals surface area contributed by atoms with Crippen molar-refractivity contribution in [3.63, 3.8) is 0 Å². The van der Waals surface area contributed by atoms with Crippen LogP contribution in [0.25, 0.3) is 0 Å². The van der Waals surface area contributed by atoms with Crippen LogP contribution in [0.15, 0.2) is 36.4 Å². The highest BCUT2D eigenvalue weighted by Gasteiger charge is 2.37. The number of hydrogen-bond donors (Lipinski definition) is 1. The lowest BCUT2D eigenvalue weighted by Gasteiger charge is -2.42. The molecule has 1 aliphatic rings. The second kappa shape index (κ2) is 6.63. The Kier molecular flexibility index (Phi) is 4.75. The fourth-order valence-corrected chi connectivity index (χ4v) is 4.12.